The van der Waals surface area contributed by atoms with Gasteiger partial charge in [0.05, 0.1) is 70.7 Å². The molecule has 5 N–H and O–H groups in total. The molecular formula is C40H52N6O10. The van der Waals surface area contributed by atoms with Crippen molar-refractivity contribution < 1.29 is 47.7 Å². The van der Waals surface area contributed by atoms with Gasteiger partial charge < -0.3 is 44.2 Å². The third-order valence-corrected chi connectivity index (χ3v) is 9.14. The van der Waals surface area contributed by atoms with Crippen LogP contribution in [0.25, 0.3) is 0 Å². The first-order valence-corrected chi connectivity index (χ1v) is 18.6. The molecule has 1 saturated heterocycles. The first-order chi connectivity index (χ1) is 27.1. The van der Waals surface area contributed by atoms with E-state index in [0.29, 0.717) is 87.1 Å². The predicted molar refractivity (Wildman–Crippen MR) is 205 cm³/mol. The lowest BCUT2D eigenvalue weighted by atomic mass is 9.94. The Morgan fingerprint density at radius 3 is 2.36 bits per heavy atom. The zero-order valence-electron chi connectivity index (χ0n) is 32.5. The minimum absolute atomic E-state index is 0.106. The summed E-state index contributed by atoms with van der Waals surface area (Å²) in [5, 5.41) is 3.78. The Balaban J connectivity index is 0.00000342. The standard InChI is InChI=1S/C38H46N6O10.C2H6/c1-25(45)42-13-12-33(30-21-27(38(49)50-2)8-9-32(30)42)44(40)22-28(39)24-54-20-19-53-18-17-52-16-15-51-14-4-6-26-5-3-7-29-31(26)23-43(37(29)48)34-10-11-35(46)41-36(34)47;1-2/h3,5,7-9,21-22,33-34H,10-20,23-24,39-40H2,1-2H3,(H,41,46,47);1-2H3/b28-22-;. The Morgan fingerprint density at radius 2 is 1.68 bits per heavy atom. The molecule has 0 aliphatic carbocycles. The van der Waals surface area contributed by atoms with Gasteiger partial charge in [-0.2, -0.15) is 0 Å². The number of methoxy groups -OCH3 is 1. The van der Waals surface area contributed by atoms with Crippen LogP contribution < -0.4 is 21.8 Å². The number of hydrogen-bond acceptors (Lipinski definition) is 13. The number of ether oxygens (including phenoxy) is 5. The number of carbonyl (C=O) groups is 5. The Morgan fingerprint density at radius 1 is 0.982 bits per heavy atom. The molecule has 56 heavy (non-hydrogen) atoms. The van der Waals surface area contributed by atoms with Crippen molar-refractivity contribution in [3.8, 4) is 11.8 Å². The van der Waals surface area contributed by atoms with Crippen LogP contribution in [-0.2, 0) is 44.6 Å². The quantitative estimate of drug-likeness (QED) is 0.0559. The number of benzene rings is 2. The molecule has 3 aliphatic heterocycles. The third-order valence-electron chi connectivity index (χ3n) is 9.14. The van der Waals surface area contributed by atoms with E-state index in [1.807, 2.05) is 19.9 Å². The molecule has 302 valence electrons. The van der Waals surface area contributed by atoms with Gasteiger partial charge in [0.25, 0.3) is 5.91 Å². The smallest absolute Gasteiger partial charge is 0.337 e. The number of hydrazine groups is 1. The van der Waals surface area contributed by atoms with Gasteiger partial charge in [-0.1, -0.05) is 31.8 Å². The molecule has 3 heterocycles. The highest BCUT2D eigenvalue weighted by Crippen LogP contribution is 2.37. The van der Waals surface area contributed by atoms with E-state index in [1.54, 1.807) is 41.4 Å². The molecule has 16 nitrogen and oxygen atoms in total. The first-order valence-electron chi connectivity index (χ1n) is 18.6. The molecule has 2 unspecified atom stereocenters. The normalized spacial score (nSPS) is 17.5. The molecule has 1 fully saturated rings. The summed E-state index contributed by atoms with van der Waals surface area (Å²) in [4.78, 5) is 64.3. The van der Waals surface area contributed by atoms with E-state index in [1.165, 1.54) is 23.9 Å². The summed E-state index contributed by atoms with van der Waals surface area (Å²) < 4.78 is 27.1. The maximum atomic E-state index is 13.0. The van der Waals surface area contributed by atoms with Crippen LogP contribution in [0.4, 0.5) is 5.69 Å². The molecule has 4 amide bonds. The van der Waals surface area contributed by atoms with Crippen LogP contribution in [0.2, 0.25) is 0 Å². The number of nitrogens with two attached hydrogens (primary N) is 2. The second-order valence-corrected chi connectivity index (χ2v) is 12.8. The summed E-state index contributed by atoms with van der Waals surface area (Å²) in [6.45, 7) is 8.58. The number of carbonyl (C=O) groups excluding carboxylic acids is 5. The average Bonchev–Trinajstić information content (AvgIpc) is 3.53. The lowest BCUT2D eigenvalue weighted by Gasteiger charge is -2.37. The molecule has 2 aromatic rings. The maximum Gasteiger partial charge on any atom is 0.337 e. The highest BCUT2D eigenvalue weighted by molar-refractivity contribution is 6.05. The topological polar surface area (TPSA) is 205 Å². The fourth-order valence-electron chi connectivity index (χ4n) is 6.50. The lowest BCUT2D eigenvalue weighted by molar-refractivity contribution is -0.137. The number of imide groups is 1. The molecule has 0 saturated carbocycles. The SMILES string of the molecule is CC.COC(=O)c1ccc2c(c1)C(N(N)/C=C(\N)COCCOCCOCCOCC#Cc1cccc3c1CN(C1CCC(=O)NC1=O)C3=O)CCN2C(C)=O. The number of esters is 1. The van der Waals surface area contributed by atoms with Crippen molar-refractivity contribution in [1.82, 2.24) is 15.2 Å². The zero-order chi connectivity index (χ0) is 40.6. The van der Waals surface area contributed by atoms with Crippen LogP contribution in [-0.4, -0.2) is 112 Å². The van der Waals surface area contributed by atoms with Crippen molar-refractivity contribution in [2.75, 3.05) is 71.4 Å². The van der Waals surface area contributed by atoms with Crippen molar-refractivity contribution in [2.24, 2.45) is 11.6 Å². The van der Waals surface area contributed by atoms with E-state index in [2.05, 4.69) is 17.2 Å². The van der Waals surface area contributed by atoms with Gasteiger partial charge in [-0.05, 0) is 48.7 Å². The fourth-order valence-corrected chi connectivity index (χ4v) is 6.50. The van der Waals surface area contributed by atoms with E-state index in [0.717, 1.165) is 11.1 Å². The summed E-state index contributed by atoms with van der Waals surface area (Å²) in [7, 11) is 1.31. The van der Waals surface area contributed by atoms with Gasteiger partial charge in [0.2, 0.25) is 17.7 Å². The number of rotatable bonds is 16. The van der Waals surface area contributed by atoms with Crippen LogP contribution in [0.15, 0.2) is 48.3 Å². The van der Waals surface area contributed by atoms with Gasteiger partial charge in [0.1, 0.15) is 12.6 Å². The Labute approximate surface area is 327 Å². The molecule has 0 spiro atoms. The first kappa shape index (κ1) is 43.4. The monoisotopic (exact) mass is 776 g/mol. The van der Waals surface area contributed by atoms with Gasteiger partial charge in [0.15, 0.2) is 0 Å². The van der Waals surface area contributed by atoms with Crippen molar-refractivity contribution in [2.45, 2.75) is 58.7 Å². The van der Waals surface area contributed by atoms with E-state index in [-0.39, 0.29) is 49.9 Å². The number of nitrogens with one attached hydrogen (secondary N) is 1. The molecule has 16 heteroatoms. The van der Waals surface area contributed by atoms with Crippen LogP contribution in [0.5, 0.6) is 0 Å². The maximum absolute atomic E-state index is 13.0. The van der Waals surface area contributed by atoms with Crippen molar-refractivity contribution >= 4 is 35.3 Å². The largest absolute Gasteiger partial charge is 0.465 e. The van der Waals surface area contributed by atoms with Gasteiger partial charge in [0, 0.05) is 55.0 Å². The molecule has 2 aromatic carbocycles. The number of amides is 4. The molecule has 0 radical (unpaired) electrons. The number of piperidine rings is 1. The van der Waals surface area contributed by atoms with E-state index >= 15 is 0 Å². The molecular weight excluding hydrogens is 724 g/mol. The van der Waals surface area contributed by atoms with Gasteiger partial charge in [-0.15, -0.1) is 0 Å². The van der Waals surface area contributed by atoms with Crippen LogP contribution in [0.3, 0.4) is 0 Å². The Kier molecular flexibility index (Phi) is 16.8. The molecule has 5 rings (SSSR count). The van der Waals surface area contributed by atoms with Gasteiger partial charge >= 0.3 is 5.97 Å². The third kappa shape index (κ3) is 11.4. The second kappa shape index (κ2) is 21.7. The van der Waals surface area contributed by atoms with E-state index < -0.39 is 17.9 Å². The lowest BCUT2D eigenvalue weighted by Crippen LogP contribution is -2.52. The second-order valence-electron chi connectivity index (χ2n) is 12.8. The van der Waals surface area contributed by atoms with Crippen molar-refractivity contribution in [3.05, 3.63) is 76.1 Å². The Hall–Kier alpha value is -5.31. The summed E-state index contributed by atoms with van der Waals surface area (Å²) in [6, 6.07) is 9.34. The van der Waals surface area contributed by atoms with Crippen molar-refractivity contribution in [3.63, 3.8) is 0 Å². The molecule has 3 aliphatic rings. The van der Waals surface area contributed by atoms with E-state index in [9.17, 15) is 24.0 Å². The number of nitrogens with zero attached hydrogens (tertiary/aromatic N) is 3. The van der Waals surface area contributed by atoms with E-state index in [4.69, 9.17) is 35.3 Å². The van der Waals surface area contributed by atoms with Gasteiger partial charge in [-0.25, -0.2) is 10.6 Å². The average molecular weight is 777 g/mol. The summed E-state index contributed by atoms with van der Waals surface area (Å²) in [5.74, 6) is 10.8. The predicted octanol–water partition coefficient (Wildman–Crippen LogP) is 2.15. The minimum Gasteiger partial charge on any atom is -0.465 e. The summed E-state index contributed by atoms with van der Waals surface area (Å²) in [6.07, 6.45) is 2.62. The van der Waals surface area contributed by atoms with Crippen molar-refractivity contribution in [1.29, 1.82) is 0 Å². The molecule has 0 aromatic heterocycles. The number of hydrogen-bond donors (Lipinski definition) is 3. The fraction of sp³-hybridized carbons (Fsp3) is 0.475. The van der Waals surface area contributed by atoms with Crippen LogP contribution >= 0.6 is 0 Å². The highest BCUT2D eigenvalue weighted by atomic mass is 16.6. The minimum atomic E-state index is -0.676. The Bertz CT molecular complexity index is 1820. The van der Waals surface area contributed by atoms with Crippen LogP contribution in [0.1, 0.15) is 83.5 Å². The molecule has 2 atom stereocenters. The number of anilines is 1. The molecule has 0 bridgehead atoms. The summed E-state index contributed by atoms with van der Waals surface area (Å²) in [5.41, 5.74) is 10.3. The highest BCUT2D eigenvalue weighted by Gasteiger charge is 2.39. The van der Waals surface area contributed by atoms with Crippen LogP contribution in [0, 0.1) is 11.8 Å². The zero-order valence-corrected chi connectivity index (χ0v) is 32.5. The van der Waals surface area contributed by atoms with Gasteiger partial charge in [-0.3, -0.25) is 24.5 Å². The number of fused-ring (bicyclic) bond motifs is 2. The summed E-state index contributed by atoms with van der Waals surface area (Å²) >= 11 is 0.